The van der Waals surface area contributed by atoms with E-state index in [9.17, 15) is 8.42 Å². The number of para-hydroxylation sites is 1. The molecule has 1 aliphatic heterocycles. The first-order chi connectivity index (χ1) is 11.0. The molecule has 3 rings (SSSR count). The number of aryl methyl sites for hydroxylation is 2. The van der Waals surface area contributed by atoms with E-state index < -0.39 is 10.0 Å². The van der Waals surface area contributed by atoms with Gasteiger partial charge in [-0.15, -0.1) is 0 Å². The summed E-state index contributed by atoms with van der Waals surface area (Å²) in [5.74, 6) is 0.911. The standard InChI is InChI=1S/C16H21N3O2S2/c1-12-16(13(2)18(17-12)10-11-22-3)23(20,21)19-9-8-14-6-4-5-7-15(14)19/h4-7H,8-11H2,1-3H3. The fourth-order valence-electron chi connectivity index (χ4n) is 3.12. The van der Waals surface area contributed by atoms with Gasteiger partial charge in [-0.2, -0.15) is 16.9 Å². The Labute approximate surface area is 141 Å². The van der Waals surface area contributed by atoms with E-state index in [1.807, 2.05) is 37.4 Å². The van der Waals surface area contributed by atoms with E-state index in [1.165, 1.54) is 4.31 Å². The van der Waals surface area contributed by atoms with Gasteiger partial charge in [0.05, 0.1) is 23.6 Å². The highest BCUT2D eigenvalue weighted by molar-refractivity contribution is 7.98. The first-order valence-electron chi connectivity index (χ1n) is 7.60. The summed E-state index contributed by atoms with van der Waals surface area (Å²) in [4.78, 5) is 0.357. The van der Waals surface area contributed by atoms with Gasteiger partial charge in [-0.05, 0) is 38.2 Å². The summed E-state index contributed by atoms with van der Waals surface area (Å²) in [7, 11) is -3.57. The number of rotatable bonds is 5. The second-order valence-electron chi connectivity index (χ2n) is 5.67. The van der Waals surface area contributed by atoms with Crippen LogP contribution in [-0.2, 0) is 23.0 Å². The Morgan fingerprint density at radius 3 is 2.74 bits per heavy atom. The third-order valence-electron chi connectivity index (χ3n) is 4.21. The second-order valence-corrected chi connectivity index (χ2v) is 8.46. The van der Waals surface area contributed by atoms with Crippen molar-refractivity contribution in [3.8, 4) is 0 Å². The monoisotopic (exact) mass is 351 g/mol. The average molecular weight is 351 g/mol. The quantitative estimate of drug-likeness (QED) is 0.831. The predicted molar refractivity (Wildman–Crippen MR) is 94.8 cm³/mol. The van der Waals surface area contributed by atoms with Crippen molar-refractivity contribution in [3.63, 3.8) is 0 Å². The third-order valence-corrected chi connectivity index (χ3v) is 6.87. The van der Waals surface area contributed by atoms with Crippen LogP contribution in [0.3, 0.4) is 0 Å². The minimum Gasteiger partial charge on any atom is -0.267 e. The minimum absolute atomic E-state index is 0.357. The number of benzene rings is 1. The maximum Gasteiger partial charge on any atom is 0.268 e. The van der Waals surface area contributed by atoms with Crippen LogP contribution in [0.5, 0.6) is 0 Å². The molecule has 0 saturated heterocycles. The second kappa shape index (κ2) is 6.20. The smallest absolute Gasteiger partial charge is 0.267 e. The molecule has 124 valence electrons. The maximum atomic E-state index is 13.2. The van der Waals surface area contributed by atoms with Gasteiger partial charge >= 0.3 is 0 Å². The summed E-state index contributed by atoms with van der Waals surface area (Å²) in [6.07, 6.45) is 2.79. The Hall–Kier alpha value is -1.47. The van der Waals surface area contributed by atoms with Gasteiger partial charge in [0.25, 0.3) is 10.0 Å². The lowest BCUT2D eigenvalue weighted by Gasteiger charge is -2.19. The first-order valence-corrected chi connectivity index (χ1v) is 10.4. The van der Waals surface area contributed by atoms with Crippen molar-refractivity contribution in [3.05, 3.63) is 41.2 Å². The molecule has 0 aliphatic carbocycles. The van der Waals surface area contributed by atoms with Gasteiger partial charge in [-0.3, -0.25) is 8.99 Å². The van der Waals surface area contributed by atoms with E-state index in [1.54, 1.807) is 23.4 Å². The lowest BCUT2D eigenvalue weighted by Crippen LogP contribution is -2.30. The van der Waals surface area contributed by atoms with Crippen LogP contribution in [0.2, 0.25) is 0 Å². The minimum atomic E-state index is -3.57. The highest BCUT2D eigenvalue weighted by Crippen LogP contribution is 2.34. The molecule has 0 fully saturated rings. The Morgan fingerprint density at radius 2 is 2.00 bits per heavy atom. The SMILES string of the molecule is CSCCn1nc(C)c(S(=O)(=O)N2CCc3ccccc32)c1C. The molecule has 2 aromatic rings. The molecule has 0 N–H and O–H groups in total. The fourth-order valence-corrected chi connectivity index (χ4v) is 5.35. The van der Waals surface area contributed by atoms with E-state index in [0.717, 1.165) is 35.7 Å². The summed E-state index contributed by atoms with van der Waals surface area (Å²) in [6, 6.07) is 7.70. The summed E-state index contributed by atoms with van der Waals surface area (Å²) in [6.45, 7) is 4.84. The van der Waals surface area contributed by atoms with Crippen molar-refractivity contribution in [1.29, 1.82) is 0 Å². The van der Waals surface area contributed by atoms with Gasteiger partial charge in [0.1, 0.15) is 4.90 Å². The van der Waals surface area contributed by atoms with Crippen molar-refractivity contribution in [2.75, 3.05) is 22.9 Å². The molecular formula is C16H21N3O2S2. The molecule has 0 bridgehead atoms. The summed E-state index contributed by atoms with van der Waals surface area (Å²) >= 11 is 1.72. The van der Waals surface area contributed by atoms with Crippen molar-refractivity contribution in [2.45, 2.75) is 31.7 Å². The molecule has 0 saturated carbocycles. The lowest BCUT2D eigenvalue weighted by molar-refractivity contribution is 0.590. The van der Waals surface area contributed by atoms with Gasteiger partial charge in [-0.25, -0.2) is 8.42 Å². The highest BCUT2D eigenvalue weighted by atomic mass is 32.2. The Morgan fingerprint density at radius 1 is 1.26 bits per heavy atom. The van der Waals surface area contributed by atoms with Crippen LogP contribution >= 0.6 is 11.8 Å². The third kappa shape index (κ3) is 2.76. The number of hydrogen-bond acceptors (Lipinski definition) is 4. The normalized spacial score (nSPS) is 14.3. The molecule has 0 amide bonds. The zero-order valence-corrected chi connectivity index (χ0v) is 15.2. The summed E-state index contributed by atoms with van der Waals surface area (Å²) in [5, 5.41) is 4.44. The lowest BCUT2D eigenvalue weighted by atomic mass is 10.2. The number of aromatic nitrogens is 2. The van der Waals surface area contributed by atoms with Gasteiger partial charge in [-0.1, -0.05) is 18.2 Å². The molecule has 0 atom stereocenters. The van der Waals surface area contributed by atoms with Crippen molar-refractivity contribution >= 4 is 27.5 Å². The number of anilines is 1. The van der Waals surface area contributed by atoms with E-state index >= 15 is 0 Å². The molecule has 1 aliphatic rings. The highest BCUT2D eigenvalue weighted by Gasteiger charge is 2.34. The van der Waals surface area contributed by atoms with Crippen LogP contribution in [0.15, 0.2) is 29.2 Å². The number of thioether (sulfide) groups is 1. The molecule has 5 nitrogen and oxygen atoms in total. The molecule has 23 heavy (non-hydrogen) atoms. The van der Waals surface area contributed by atoms with Crippen LogP contribution in [0.4, 0.5) is 5.69 Å². The van der Waals surface area contributed by atoms with Crippen molar-refractivity contribution in [1.82, 2.24) is 9.78 Å². The molecular weight excluding hydrogens is 330 g/mol. The van der Waals surface area contributed by atoms with E-state index in [2.05, 4.69) is 5.10 Å². The largest absolute Gasteiger partial charge is 0.268 e. The van der Waals surface area contributed by atoms with Crippen molar-refractivity contribution in [2.24, 2.45) is 0 Å². The van der Waals surface area contributed by atoms with Gasteiger partial charge < -0.3 is 0 Å². The molecule has 2 heterocycles. The first kappa shape index (κ1) is 16.4. The zero-order chi connectivity index (χ0) is 16.6. The number of nitrogens with zero attached hydrogens (tertiary/aromatic N) is 3. The van der Waals surface area contributed by atoms with Crippen LogP contribution < -0.4 is 4.31 Å². The topological polar surface area (TPSA) is 55.2 Å². The molecule has 1 aromatic heterocycles. The molecule has 0 unspecified atom stereocenters. The fraction of sp³-hybridized carbons (Fsp3) is 0.438. The van der Waals surface area contributed by atoms with Crippen LogP contribution in [0.25, 0.3) is 0 Å². The maximum absolute atomic E-state index is 13.2. The Kier molecular flexibility index (Phi) is 4.42. The Balaban J connectivity index is 2.03. The molecule has 0 spiro atoms. The van der Waals surface area contributed by atoms with E-state index in [0.29, 0.717) is 17.1 Å². The number of fused-ring (bicyclic) bond motifs is 1. The predicted octanol–water partition coefficient (Wildman–Crippen LogP) is 2.61. The van der Waals surface area contributed by atoms with Crippen molar-refractivity contribution < 1.29 is 8.42 Å². The van der Waals surface area contributed by atoms with Crippen LogP contribution in [0, 0.1) is 13.8 Å². The number of sulfonamides is 1. The molecule has 0 radical (unpaired) electrons. The van der Waals surface area contributed by atoms with Crippen LogP contribution in [-0.4, -0.2) is 36.8 Å². The summed E-state index contributed by atoms with van der Waals surface area (Å²) in [5.41, 5.74) is 3.18. The van der Waals surface area contributed by atoms with Crippen LogP contribution in [0.1, 0.15) is 17.0 Å². The Bertz CT molecular complexity index is 828. The molecule has 7 heteroatoms. The van der Waals surface area contributed by atoms with Gasteiger partial charge in [0, 0.05) is 12.3 Å². The molecule has 1 aromatic carbocycles. The van der Waals surface area contributed by atoms with Gasteiger partial charge in [0.15, 0.2) is 0 Å². The van der Waals surface area contributed by atoms with E-state index in [4.69, 9.17) is 0 Å². The zero-order valence-electron chi connectivity index (χ0n) is 13.6. The summed E-state index contributed by atoms with van der Waals surface area (Å²) < 4.78 is 29.7. The average Bonchev–Trinajstić information content (AvgIpc) is 3.07. The van der Waals surface area contributed by atoms with E-state index in [-0.39, 0.29) is 0 Å². The van der Waals surface area contributed by atoms with Gasteiger partial charge in [0.2, 0.25) is 0 Å². The number of hydrogen-bond donors (Lipinski definition) is 0.